The fraction of sp³-hybridized carbons (Fsp3) is 0.652. The van der Waals surface area contributed by atoms with Crippen LogP contribution in [0.1, 0.15) is 43.7 Å². The lowest BCUT2D eigenvalue weighted by Gasteiger charge is -2.33. The highest BCUT2D eigenvalue weighted by atomic mass is 16.2. The number of carbonyl (C=O) groups excluding carboxylic acids is 2. The SMILES string of the molecule is CCN1CCN(CCCCNC(=O)NCc2cccc(CN3CCCC3=O)c2)CC1. The van der Waals surface area contributed by atoms with Gasteiger partial charge in [-0.05, 0) is 43.5 Å². The van der Waals surface area contributed by atoms with Crippen molar-refractivity contribution in [3.05, 3.63) is 35.4 Å². The summed E-state index contributed by atoms with van der Waals surface area (Å²) in [5, 5.41) is 5.89. The molecule has 2 aliphatic heterocycles. The molecule has 2 heterocycles. The number of urea groups is 1. The Morgan fingerprint density at radius 3 is 2.50 bits per heavy atom. The van der Waals surface area contributed by atoms with Gasteiger partial charge in [0.2, 0.25) is 5.91 Å². The lowest BCUT2D eigenvalue weighted by Crippen LogP contribution is -2.46. The van der Waals surface area contributed by atoms with Gasteiger partial charge in [0, 0.05) is 58.8 Å². The second-order valence-electron chi connectivity index (χ2n) is 8.33. The number of likely N-dealkylation sites (tertiary alicyclic amines) is 1. The molecule has 0 atom stereocenters. The van der Waals surface area contributed by atoms with Gasteiger partial charge < -0.3 is 25.3 Å². The molecule has 1 aromatic rings. The van der Waals surface area contributed by atoms with Crippen LogP contribution < -0.4 is 10.6 Å². The zero-order valence-corrected chi connectivity index (χ0v) is 18.4. The summed E-state index contributed by atoms with van der Waals surface area (Å²) in [5.41, 5.74) is 2.17. The highest BCUT2D eigenvalue weighted by Crippen LogP contribution is 2.15. The summed E-state index contributed by atoms with van der Waals surface area (Å²) in [7, 11) is 0. The fourth-order valence-electron chi connectivity index (χ4n) is 4.17. The number of likely N-dealkylation sites (N-methyl/N-ethyl adjacent to an activating group) is 1. The van der Waals surface area contributed by atoms with E-state index in [9.17, 15) is 9.59 Å². The zero-order valence-electron chi connectivity index (χ0n) is 18.4. The predicted octanol–water partition coefficient (Wildman–Crippen LogP) is 2.03. The lowest BCUT2D eigenvalue weighted by molar-refractivity contribution is -0.128. The summed E-state index contributed by atoms with van der Waals surface area (Å²) >= 11 is 0. The number of rotatable bonds is 10. The third-order valence-corrected chi connectivity index (χ3v) is 6.09. The maximum Gasteiger partial charge on any atom is 0.315 e. The van der Waals surface area contributed by atoms with Crippen molar-refractivity contribution in [2.75, 3.05) is 52.4 Å². The van der Waals surface area contributed by atoms with E-state index in [4.69, 9.17) is 0 Å². The van der Waals surface area contributed by atoms with Crippen molar-refractivity contribution >= 4 is 11.9 Å². The maximum absolute atomic E-state index is 12.1. The lowest BCUT2D eigenvalue weighted by atomic mass is 10.1. The van der Waals surface area contributed by atoms with Gasteiger partial charge >= 0.3 is 6.03 Å². The number of benzene rings is 1. The van der Waals surface area contributed by atoms with Crippen LogP contribution in [0.4, 0.5) is 4.79 Å². The summed E-state index contributed by atoms with van der Waals surface area (Å²) in [6.45, 7) is 11.9. The highest BCUT2D eigenvalue weighted by molar-refractivity contribution is 5.78. The van der Waals surface area contributed by atoms with Crippen molar-refractivity contribution in [1.82, 2.24) is 25.3 Å². The molecule has 0 aromatic heterocycles. The summed E-state index contributed by atoms with van der Waals surface area (Å²) in [6, 6.07) is 7.99. The minimum atomic E-state index is -0.119. The molecule has 166 valence electrons. The van der Waals surface area contributed by atoms with Crippen molar-refractivity contribution in [1.29, 1.82) is 0 Å². The number of unbranched alkanes of at least 4 members (excludes halogenated alkanes) is 1. The first-order valence-electron chi connectivity index (χ1n) is 11.5. The molecule has 0 unspecified atom stereocenters. The number of piperazine rings is 1. The fourth-order valence-corrected chi connectivity index (χ4v) is 4.17. The molecule has 0 spiro atoms. The molecule has 2 N–H and O–H groups in total. The maximum atomic E-state index is 12.1. The Labute approximate surface area is 180 Å². The molecular formula is C23H37N5O2. The second-order valence-corrected chi connectivity index (χ2v) is 8.33. The third-order valence-electron chi connectivity index (χ3n) is 6.09. The Bertz CT molecular complexity index is 688. The molecule has 7 nitrogen and oxygen atoms in total. The number of amides is 3. The van der Waals surface area contributed by atoms with Crippen LogP contribution in [0.2, 0.25) is 0 Å². The summed E-state index contributed by atoms with van der Waals surface area (Å²) < 4.78 is 0. The minimum absolute atomic E-state index is 0.119. The van der Waals surface area contributed by atoms with E-state index >= 15 is 0 Å². The zero-order chi connectivity index (χ0) is 21.2. The normalized spacial score (nSPS) is 18.0. The van der Waals surface area contributed by atoms with E-state index in [1.807, 2.05) is 23.1 Å². The molecule has 0 saturated carbocycles. The molecule has 0 bridgehead atoms. The van der Waals surface area contributed by atoms with Crippen molar-refractivity contribution in [3.63, 3.8) is 0 Å². The van der Waals surface area contributed by atoms with Crippen LogP contribution in [-0.4, -0.2) is 79.0 Å². The first-order valence-corrected chi connectivity index (χ1v) is 11.5. The number of hydrogen-bond acceptors (Lipinski definition) is 4. The van der Waals surface area contributed by atoms with Crippen LogP contribution in [-0.2, 0) is 17.9 Å². The monoisotopic (exact) mass is 415 g/mol. The van der Waals surface area contributed by atoms with Gasteiger partial charge in [0.25, 0.3) is 0 Å². The van der Waals surface area contributed by atoms with Gasteiger partial charge in [0.05, 0.1) is 0 Å². The van der Waals surface area contributed by atoms with Gasteiger partial charge in [-0.15, -0.1) is 0 Å². The molecule has 3 amide bonds. The van der Waals surface area contributed by atoms with Crippen molar-refractivity contribution in [2.45, 2.75) is 45.7 Å². The van der Waals surface area contributed by atoms with Crippen LogP contribution in [0.25, 0.3) is 0 Å². The van der Waals surface area contributed by atoms with E-state index in [0.29, 0.717) is 26.1 Å². The average molecular weight is 416 g/mol. The highest BCUT2D eigenvalue weighted by Gasteiger charge is 2.20. The number of nitrogens with one attached hydrogen (secondary N) is 2. The number of nitrogens with zero attached hydrogens (tertiary/aromatic N) is 3. The second kappa shape index (κ2) is 11.9. The van der Waals surface area contributed by atoms with Crippen molar-refractivity contribution < 1.29 is 9.59 Å². The smallest absolute Gasteiger partial charge is 0.315 e. The molecular weight excluding hydrogens is 378 g/mol. The minimum Gasteiger partial charge on any atom is -0.338 e. The van der Waals surface area contributed by atoms with E-state index in [1.54, 1.807) is 0 Å². The quantitative estimate of drug-likeness (QED) is 0.574. The molecule has 30 heavy (non-hydrogen) atoms. The van der Waals surface area contributed by atoms with Gasteiger partial charge in [-0.3, -0.25) is 4.79 Å². The van der Waals surface area contributed by atoms with Gasteiger partial charge in [0.15, 0.2) is 0 Å². The van der Waals surface area contributed by atoms with Crippen LogP contribution in [0, 0.1) is 0 Å². The first-order chi connectivity index (χ1) is 14.6. The molecule has 0 radical (unpaired) electrons. The standard InChI is InChI=1S/C23H37N5O2/c1-2-26-13-15-27(16-14-26)11-4-3-10-24-23(30)25-18-20-7-5-8-21(17-20)19-28-12-6-9-22(28)29/h5,7-8,17H,2-4,6,9-16,18-19H2,1H3,(H2,24,25,30). The molecule has 7 heteroatoms. The molecule has 3 rings (SSSR count). The Morgan fingerprint density at radius 1 is 1.00 bits per heavy atom. The van der Waals surface area contributed by atoms with Crippen LogP contribution >= 0.6 is 0 Å². The number of carbonyl (C=O) groups is 2. The topological polar surface area (TPSA) is 67.9 Å². The average Bonchev–Trinajstić information content (AvgIpc) is 3.17. The van der Waals surface area contributed by atoms with Gasteiger partial charge in [-0.1, -0.05) is 31.2 Å². The van der Waals surface area contributed by atoms with E-state index in [1.165, 1.54) is 13.1 Å². The summed E-state index contributed by atoms with van der Waals surface area (Å²) in [4.78, 5) is 30.8. The third kappa shape index (κ3) is 7.29. The molecule has 0 aliphatic carbocycles. The van der Waals surface area contributed by atoms with Crippen molar-refractivity contribution in [3.8, 4) is 0 Å². The summed E-state index contributed by atoms with van der Waals surface area (Å²) in [6.07, 6.45) is 3.73. The van der Waals surface area contributed by atoms with Crippen LogP contribution in [0.5, 0.6) is 0 Å². The Hall–Kier alpha value is -2.12. The van der Waals surface area contributed by atoms with Crippen molar-refractivity contribution in [2.24, 2.45) is 0 Å². The Kier molecular flexibility index (Phi) is 8.96. The van der Waals surface area contributed by atoms with Gasteiger partial charge in [-0.2, -0.15) is 0 Å². The molecule has 1 aromatic carbocycles. The van der Waals surface area contributed by atoms with Gasteiger partial charge in [-0.25, -0.2) is 4.79 Å². The predicted molar refractivity (Wildman–Crippen MR) is 119 cm³/mol. The molecule has 2 saturated heterocycles. The molecule has 2 fully saturated rings. The Balaban J connectivity index is 1.27. The van der Waals surface area contributed by atoms with Crippen LogP contribution in [0.3, 0.4) is 0 Å². The van der Waals surface area contributed by atoms with E-state index in [-0.39, 0.29) is 11.9 Å². The first kappa shape index (κ1) is 22.6. The van der Waals surface area contributed by atoms with E-state index < -0.39 is 0 Å². The Morgan fingerprint density at radius 2 is 1.77 bits per heavy atom. The number of hydrogen-bond donors (Lipinski definition) is 2. The largest absolute Gasteiger partial charge is 0.338 e. The van der Waals surface area contributed by atoms with Crippen LogP contribution in [0.15, 0.2) is 24.3 Å². The van der Waals surface area contributed by atoms with E-state index in [0.717, 1.165) is 63.1 Å². The van der Waals surface area contributed by atoms with Gasteiger partial charge in [0.1, 0.15) is 0 Å². The van der Waals surface area contributed by atoms with E-state index in [2.05, 4.69) is 33.4 Å². The summed E-state index contributed by atoms with van der Waals surface area (Å²) in [5.74, 6) is 0.237. The molecule has 2 aliphatic rings.